The Labute approximate surface area is 186 Å². The monoisotopic (exact) mass is 513 g/mol. The van der Waals surface area contributed by atoms with Gasteiger partial charge in [0, 0.05) is 16.2 Å². The molecule has 7 nitrogen and oxygen atoms in total. The Morgan fingerprint density at radius 2 is 1.90 bits per heavy atom. The summed E-state index contributed by atoms with van der Waals surface area (Å²) < 4.78 is 5.33. The quantitative estimate of drug-likeness (QED) is 0.212. The van der Waals surface area contributed by atoms with Crippen molar-refractivity contribution in [2.75, 3.05) is 12.4 Å². The highest BCUT2D eigenvalue weighted by Crippen LogP contribution is 2.32. The van der Waals surface area contributed by atoms with Crippen molar-refractivity contribution in [3.05, 3.63) is 91.0 Å². The van der Waals surface area contributed by atoms with Gasteiger partial charge in [0.05, 0.1) is 29.2 Å². The van der Waals surface area contributed by atoms with Gasteiger partial charge in [0.2, 0.25) is 0 Å². The van der Waals surface area contributed by atoms with E-state index >= 15 is 0 Å². The predicted octanol–water partition coefficient (Wildman–Crippen LogP) is 5.14. The van der Waals surface area contributed by atoms with E-state index in [-0.39, 0.29) is 23.5 Å². The number of halogens is 1. The number of carbonyl (C=O) groups is 1. The largest absolute Gasteiger partial charge is 0.465 e. The van der Waals surface area contributed by atoms with E-state index < -0.39 is 10.9 Å². The molecule has 0 radical (unpaired) electrons. The molecular formula is C22H16IN3O4. The molecule has 0 spiro atoms. The van der Waals surface area contributed by atoms with Gasteiger partial charge in [-0.25, -0.2) is 4.79 Å². The maximum Gasteiger partial charge on any atom is 0.340 e. The molecule has 30 heavy (non-hydrogen) atoms. The molecule has 0 heterocycles. The number of nitrogens with one attached hydrogen (secondary N) is 1. The summed E-state index contributed by atoms with van der Waals surface area (Å²) in [6.07, 6.45) is 0. The molecule has 0 fully saturated rings. The highest BCUT2D eigenvalue weighted by atomic mass is 127. The van der Waals surface area contributed by atoms with E-state index in [1.807, 2.05) is 65.1 Å². The van der Waals surface area contributed by atoms with E-state index in [1.165, 1.54) is 13.2 Å². The minimum Gasteiger partial charge on any atom is -0.465 e. The lowest BCUT2D eigenvalue weighted by Gasteiger charge is -2.12. The van der Waals surface area contributed by atoms with Crippen LogP contribution >= 0.6 is 22.6 Å². The van der Waals surface area contributed by atoms with E-state index in [1.54, 1.807) is 12.1 Å². The first kappa shape index (κ1) is 21.3. The zero-order valence-electron chi connectivity index (χ0n) is 15.9. The minimum absolute atomic E-state index is 0.107. The molecule has 150 valence electrons. The molecule has 0 unspecified atom stereocenters. The molecule has 0 amide bonds. The highest BCUT2D eigenvalue weighted by molar-refractivity contribution is 14.1. The van der Waals surface area contributed by atoms with Crippen LogP contribution in [0.4, 0.5) is 11.4 Å². The van der Waals surface area contributed by atoms with Crippen LogP contribution in [0, 0.1) is 25.0 Å². The number of nitro benzene ring substituents is 1. The van der Waals surface area contributed by atoms with Crippen molar-refractivity contribution in [2.24, 2.45) is 0 Å². The molecule has 3 rings (SSSR count). The summed E-state index contributed by atoms with van der Waals surface area (Å²) in [5.41, 5.74) is 3.20. The van der Waals surface area contributed by atoms with E-state index in [9.17, 15) is 20.2 Å². The lowest BCUT2D eigenvalue weighted by atomic mass is 9.99. The molecule has 0 aliphatic rings. The van der Waals surface area contributed by atoms with Gasteiger partial charge in [-0.3, -0.25) is 10.1 Å². The zero-order chi connectivity index (χ0) is 21.7. The number of carbonyl (C=O) groups excluding carboxylic acids is 1. The predicted molar refractivity (Wildman–Crippen MR) is 121 cm³/mol. The summed E-state index contributed by atoms with van der Waals surface area (Å²) in [6.45, 7) is 0.269. The molecule has 0 aromatic heterocycles. The lowest BCUT2D eigenvalue weighted by Crippen LogP contribution is -2.11. The Balaban J connectivity index is 1.88. The van der Waals surface area contributed by atoms with Gasteiger partial charge in [-0.1, -0.05) is 42.5 Å². The summed E-state index contributed by atoms with van der Waals surface area (Å²) in [6, 6.07) is 20.0. The SMILES string of the molecule is COC(=O)c1cc(I)cc([N+](=O)[O-])c1NCc1ccc(-c2ccccc2C#N)cc1. The van der Waals surface area contributed by atoms with Gasteiger partial charge in [-0.2, -0.15) is 5.26 Å². The Kier molecular flexibility index (Phi) is 6.64. The van der Waals surface area contributed by atoms with Gasteiger partial charge in [0.1, 0.15) is 5.69 Å². The standard InChI is InChI=1S/C22H16IN3O4/c1-30-22(27)19-10-17(23)11-20(26(28)29)21(19)25-13-14-6-8-15(9-7-14)18-5-3-2-4-16(18)12-24/h2-11,25H,13H2,1H3. The third-order valence-corrected chi connectivity index (χ3v) is 5.09. The van der Waals surface area contributed by atoms with E-state index in [2.05, 4.69) is 11.4 Å². The number of ether oxygens (including phenoxy) is 1. The fourth-order valence-electron chi connectivity index (χ4n) is 3.02. The summed E-state index contributed by atoms with van der Waals surface area (Å²) in [5.74, 6) is -0.650. The number of methoxy groups -OCH3 is 1. The Morgan fingerprint density at radius 3 is 2.53 bits per heavy atom. The number of rotatable bonds is 6. The fourth-order valence-corrected chi connectivity index (χ4v) is 3.62. The lowest BCUT2D eigenvalue weighted by molar-refractivity contribution is -0.384. The van der Waals surface area contributed by atoms with Gasteiger partial charge in [-0.15, -0.1) is 0 Å². The zero-order valence-corrected chi connectivity index (χ0v) is 18.0. The molecule has 0 saturated carbocycles. The molecular weight excluding hydrogens is 497 g/mol. The van der Waals surface area contributed by atoms with Crippen LogP contribution in [0.2, 0.25) is 0 Å². The van der Waals surface area contributed by atoms with Gasteiger partial charge < -0.3 is 10.1 Å². The van der Waals surface area contributed by atoms with Crippen LogP contribution in [-0.2, 0) is 11.3 Å². The fraction of sp³-hybridized carbons (Fsp3) is 0.0909. The Bertz CT molecular complexity index is 1150. The average molecular weight is 513 g/mol. The second kappa shape index (κ2) is 9.37. The van der Waals surface area contributed by atoms with Crippen LogP contribution < -0.4 is 5.32 Å². The number of nitriles is 1. The number of nitrogens with zero attached hydrogens (tertiary/aromatic N) is 2. The van der Waals surface area contributed by atoms with Crippen molar-refractivity contribution in [3.63, 3.8) is 0 Å². The normalized spacial score (nSPS) is 10.2. The summed E-state index contributed by atoms with van der Waals surface area (Å²) in [5, 5.41) is 23.8. The van der Waals surface area contributed by atoms with E-state index in [0.717, 1.165) is 16.7 Å². The smallest absolute Gasteiger partial charge is 0.340 e. The maximum atomic E-state index is 12.1. The first-order valence-electron chi connectivity index (χ1n) is 8.83. The van der Waals surface area contributed by atoms with Crippen LogP contribution in [-0.4, -0.2) is 18.0 Å². The second-order valence-electron chi connectivity index (χ2n) is 6.30. The van der Waals surface area contributed by atoms with Crippen molar-refractivity contribution < 1.29 is 14.5 Å². The van der Waals surface area contributed by atoms with Crippen LogP contribution in [0.25, 0.3) is 11.1 Å². The van der Waals surface area contributed by atoms with Crippen LogP contribution in [0.5, 0.6) is 0 Å². The van der Waals surface area contributed by atoms with Crippen molar-refractivity contribution >= 4 is 39.9 Å². The number of hydrogen-bond donors (Lipinski definition) is 1. The Hall–Kier alpha value is -3.45. The molecule has 0 saturated heterocycles. The topological polar surface area (TPSA) is 105 Å². The molecule has 0 atom stereocenters. The van der Waals surface area contributed by atoms with Crippen molar-refractivity contribution in [2.45, 2.75) is 6.54 Å². The summed E-state index contributed by atoms with van der Waals surface area (Å²) in [4.78, 5) is 23.1. The number of anilines is 1. The van der Waals surface area contributed by atoms with Crippen molar-refractivity contribution in [1.82, 2.24) is 0 Å². The maximum absolute atomic E-state index is 12.1. The van der Waals surface area contributed by atoms with Crippen LogP contribution in [0.1, 0.15) is 21.5 Å². The van der Waals surface area contributed by atoms with E-state index in [0.29, 0.717) is 9.13 Å². The number of benzene rings is 3. The van der Waals surface area contributed by atoms with Gasteiger partial charge >= 0.3 is 5.97 Å². The van der Waals surface area contributed by atoms with Gasteiger partial charge in [0.25, 0.3) is 5.69 Å². The molecule has 0 aliphatic heterocycles. The summed E-state index contributed by atoms with van der Waals surface area (Å²) in [7, 11) is 1.23. The van der Waals surface area contributed by atoms with Crippen LogP contribution in [0.3, 0.4) is 0 Å². The average Bonchev–Trinajstić information content (AvgIpc) is 2.77. The molecule has 3 aromatic rings. The molecule has 3 aromatic carbocycles. The van der Waals surface area contributed by atoms with Crippen molar-refractivity contribution in [3.8, 4) is 17.2 Å². The minimum atomic E-state index is -0.650. The van der Waals surface area contributed by atoms with Crippen LogP contribution in [0.15, 0.2) is 60.7 Å². The third kappa shape index (κ3) is 4.58. The van der Waals surface area contributed by atoms with E-state index in [4.69, 9.17) is 4.74 Å². The number of hydrogen-bond acceptors (Lipinski definition) is 6. The molecule has 1 N–H and O–H groups in total. The van der Waals surface area contributed by atoms with Gasteiger partial charge in [-0.05, 0) is 51.4 Å². The number of nitro groups is 1. The molecule has 0 bridgehead atoms. The molecule has 0 aliphatic carbocycles. The Morgan fingerprint density at radius 1 is 1.20 bits per heavy atom. The van der Waals surface area contributed by atoms with Gasteiger partial charge in [0.15, 0.2) is 0 Å². The number of esters is 1. The summed E-state index contributed by atoms with van der Waals surface area (Å²) >= 11 is 1.92. The molecule has 8 heteroatoms. The third-order valence-electron chi connectivity index (χ3n) is 4.47. The second-order valence-corrected chi connectivity index (χ2v) is 7.55. The van der Waals surface area contributed by atoms with Crippen molar-refractivity contribution in [1.29, 1.82) is 5.26 Å². The first-order valence-corrected chi connectivity index (χ1v) is 9.91. The first-order chi connectivity index (χ1) is 14.4. The highest BCUT2D eigenvalue weighted by Gasteiger charge is 2.23.